The lowest BCUT2D eigenvalue weighted by atomic mass is 10.1. The highest BCUT2D eigenvalue weighted by molar-refractivity contribution is 7.80. The Morgan fingerprint density at radius 3 is 2.65 bits per heavy atom. The zero-order chi connectivity index (χ0) is 14.8. The van der Waals surface area contributed by atoms with Crippen molar-refractivity contribution < 1.29 is 4.79 Å². The highest BCUT2D eigenvalue weighted by Crippen LogP contribution is 2.01. The monoisotopic (exact) mass is 295 g/mol. The van der Waals surface area contributed by atoms with Crippen LogP contribution in [-0.4, -0.2) is 30.3 Å². The first kappa shape index (κ1) is 17.0. The Balaban J connectivity index is 2.43. The molecule has 4 N–H and O–H groups in total. The molecular formula is C15H25N3OS. The van der Waals surface area contributed by atoms with E-state index in [0.717, 1.165) is 18.4 Å². The minimum atomic E-state index is -0.186. The molecule has 0 radical (unpaired) electrons. The van der Waals surface area contributed by atoms with Crippen LogP contribution >= 0.6 is 12.6 Å². The quantitative estimate of drug-likeness (QED) is 0.520. The van der Waals surface area contributed by atoms with Gasteiger partial charge in [0.15, 0.2) is 0 Å². The molecular weight excluding hydrogens is 270 g/mol. The third kappa shape index (κ3) is 6.41. The summed E-state index contributed by atoms with van der Waals surface area (Å²) in [4.78, 5) is 12.2. The molecule has 5 heteroatoms. The summed E-state index contributed by atoms with van der Waals surface area (Å²) in [6.45, 7) is 3.23. The van der Waals surface area contributed by atoms with Crippen molar-refractivity contribution in [3.8, 4) is 0 Å². The van der Waals surface area contributed by atoms with Crippen molar-refractivity contribution in [2.45, 2.75) is 38.4 Å². The first-order valence-electron chi connectivity index (χ1n) is 7.08. The summed E-state index contributed by atoms with van der Waals surface area (Å²) in [7, 11) is 0. The standard InChI is InChI=1S/C15H25N3OS/c1-2-6-14(17-10-13(16)11-20)15(19)18-9-12-7-4-3-5-8-12/h3-5,7-8,13-14,17,20H,2,6,9-11,16H2,1H3,(H,18,19)/t13-,14+/m1/s1. The fraction of sp³-hybridized carbons (Fsp3) is 0.533. The van der Waals surface area contributed by atoms with Gasteiger partial charge in [-0.25, -0.2) is 0 Å². The van der Waals surface area contributed by atoms with Crippen molar-refractivity contribution in [3.63, 3.8) is 0 Å². The first-order valence-corrected chi connectivity index (χ1v) is 7.72. The maximum atomic E-state index is 12.2. The molecule has 0 saturated carbocycles. The number of benzene rings is 1. The molecule has 0 unspecified atom stereocenters. The maximum Gasteiger partial charge on any atom is 0.237 e. The van der Waals surface area contributed by atoms with Crippen LogP contribution in [-0.2, 0) is 11.3 Å². The molecule has 4 nitrogen and oxygen atoms in total. The van der Waals surface area contributed by atoms with Gasteiger partial charge in [0.05, 0.1) is 6.04 Å². The second-order valence-corrected chi connectivity index (χ2v) is 5.26. The van der Waals surface area contributed by atoms with E-state index >= 15 is 0 Å². The Hall–Kier alpha value is -1.04. The van der Waals surface area contributed by atoms with Crippen LogP contribution in [0.4, 0.5) is 0 Å². The molecule has 1 amide bonds. The number of nitrogens with one attached hydrogen (secondary N) is 2. The Labute approximate surface area is 126 Å². The van der Waals surface area contributed by atoms with E-state index in [4.69, 9.17) is 5.73 Å². The molecule has 20 heavy (non-hydrogen) atoms. The Kier molecular flexibility index (Phi) is 8.34. The SMILES string of the molecule is CCC[C@H](NC[C@@H](N)CS)C(=O)NCc1ccccc1. The molecule has 0 aliphatic heterocycles. The predicted octanol–water partition coefficient (Wildman–Crippen LogP) is 1.32. The summed E-state index contributed by atoms with van der Waals surface area (Å²) >= 11 is 4.15. The molecule has 0 aromatic heterocycles. The number of nitrogens with two attached hydrogens (primary N) is 1. The number of carbonyl (C=O) groups is 1. The Bertz CT molecular complexity index is 386. The second kappa shape index (κ2) is 9.80. The van der Waals surface area contributed by atoms with Gasteiger partial charge in [0.25, 0.3) is 0 Å². The number of carbonyl (C=O) groups excluding carboxylic acids is 1. The van der Waals surface area contributed by atoms with Crippen molar-refractivity contribution in [1.82, 2.24) is 10.6 Å². The molecule has 1 rings (SSSR count). The molecule has 0 aliphatic carbocycles. The van der Waals surface area contributed by atoms with Gasteiger partial charge in [-0.3, -0.25) is 4.79 Å². The minimum absolute atomic E-state index is 0.0281. The topological polar surface area (TPSA) is 67.1 Å². The Morgan fingerprint density at radius 1 is 1.35 bits per heavy atom. The second-order valence-electron chi connectivity index (χ2n) is 4.90. The van der Waals surface area contributed by atoms with Crippen LogP contribution in [0.5, 0.6) is 0 Å². The third-order valence-electron chi connectivity index (χ3n) is 3.06. The van der Waals surface area contributed by atoms with Crippen molar-refractivity contribution in [3.05, 3.63) is 35.9 Å². The van der Waals surface area contributed by atoms with E-state index < -0.39 is 0 Å². The van der Waals surface area contributed by atoms with E-state index in [0.29, 0.717) is 18.8 Å². The van der Waals surface area contributed by atoms with Gasteiger partial charge in [0, 0.05) is 24.9 Å². The molecule has 0 aliphatic rings. The van der Waals surface area contributed by atoms with E-state index in [2.05, 4.69) is 30.2 Å². The molecule has 1 aromatic rings. The van der Waals surface area contributed by atoms with Gasteiger partial charge >= 0.3 is 0 Å². The van der Waals surface area contributed by atoms with Crippen molar-refractivity contribution >= 4 is 18.5 Å². The van der Waals surface area contributed by atoms with Crippen LogP contribution in [0.15, 0.2) is 30.3 Å². The van der Waals surface area contributed by atoms with E-state index in [-0.39, 0.29) is 18.0 Å². The summed E-state index contributed by atoms with van der Waals surface area (Å²) in [5.41, 5.74) is 6.91. The zero-order valence-electron chi connectivity index (χ0n) is 12.0. The summed E-state index contributed by atoms with van der Waals surface area (Å²) in [5.74, 6) is 0.638. The number of amides is 1. The van der Waals surface area contributed by atoms with Crippen LogP contribution in [0.2, 0.25) is 0 Å². The fourth-order valence-corrected chi connectivity index (χ4v) is 2.01. The zero-order valence-corrected chi connectivity index (χ0v) is 12.9. The van der Waals surface area contributed by atoms with Gasteiger partial charge in [0.2, 0.25) is 5.91 Å². The number of hydrogen-bond donors (Lipinski definition) is 4. The number of thiol groups is 1. The summed E-state index contributed by atoms with van der Waals surface area (Å²) in [6, 6.07) is 9.68. The lowest BCUT2D eigenvalue weighted by molar-refractivity contribution is -0.123. The van der Waals surface area contributed by atoms with E-state index in [1.807, 2.05) is 30.3 Å². The lowest BCUT2D eigenvalue weighted by Gasteiger charge is -2.19. The fourth-order valence-electron chi connectivity index (χ4n) is 1.88. The molecule has 0 bridgehead atoms. The van der Waals surface area contributed by atoms with Crippen LogP contribution < -0.4 is 16.4 Å². The molecule has 1 aromatic carbocycles. The van der Waals surface area contributed by atoms with Crippen LogP contribution in [0.1, 0.15) is 25.3 Å². The van der Waals surface area contributed by atoms with Crippen molar-refractivity contribution in [2.75, 3.05) is 12.3 Å². The van der Waals surface area contributed by atoms with Crippen molar-refractivity contribution in [2.24, 2.45) is 5.73 Å². The molecule has 112 valence electrons. The summed E-state index contributed by atoms with van der Waals surface area (Å²) < 4.78 is 0. The molecule has 2 atom stereocenters. The van der Waals surface area contributed by atoms with Gasteiger partial charge in [-0.1, -0.05) is 43.7 Å². The van der Waals surface area contributed by atoms with Crippen LogP contribution in [0.25, 0.3) is 0 Å². The van der Waals surface area contributed by atoms with E-state index in [1.165, 1.54) is 0 Å². The normalized spacial score (nSPS) is 13.8. The van der Waals surface area contributed by atoms with Gasteiger partial charge in [0.1, 0.15) is 0 Å². The van der Waals surface area contributed by atoms with Gasteiger partial charge in [-0.05, 0) is 12.0 Å². The molecule has 0 spiro atoms. The molecule has 0 heterocycles. The predicted molar refractivity (Wildman–Crippen MR) is 86.8 cm³/mol. The smallest absolute Gasteiger partial charge is 0.237 e. The summed E-state index contributed by atoms with van der Waals surface area (Å²) in [5, 5.41) is 6.19. The minimum Gasteiger partial charge on any atom is -0.351 e. The van der Waals surface area contributed by atoms with E-state index in [9.17, 15) is 4.79 Å². The van der Waals surface area contributed by atoms with Gasteiger partial charge in [-0.15, -0.1) is 0 Å². The van der Waals surface area contributed by atoms with Crippen molar-refractivity contribution in [1.29, 1.82) is 0 Å². The Morgan fingerprint density at radius 2 is 2.05 bits per heavy atom. The maximum absolute atomic E-state index is 12.2. The average Bonchev–Trinajstić information content (AvgIpc) is 2.49. The highest BCUT2D eigenvalue weighted by atomic mass is 32.1. The largest absolute Gasteiger partial charge is 0.351 e. The van der Waals surface area contributed by atoms with Crippen LogP contribution in [0.3, 0.4) is 0 Å². The highest BCUT2D eigenvalue weighted by Gasteiger charge is 2.17. The van der Waals surface area contributed by atoms with Gasteiger partial charge in [-0.2, -0.15) is 12.6 Å². The molecule has 0 saturated heterocycles. The first-order chi connectivity index (χ1) is 9.67. The van der Waals surface area contributed by atoms with Crippen LogP contribution in [0, 0.1) is 0 Å². The lowest BCUT2D eigenvalue weighted by Crippen LogP contribution is -2.48. The average molecular weight is 295 g/mol. The van der Waals surface area contributed by atoms with E-state index in [1.54, 1.807) is 0 Å². The summed E-state index contributed by atoms with van der Waals surface area (Å²) in [6.07, 6.45) is 1.76. The third-order valence-corrected chi connectivity index (χ3v) is 3.53. The number of rotatable bonds is 9. The number of hydrogen-bond acceptors (Lipinski definition) is 4. The van der Waals surface area contributed by atoms with Gasteiger partial charge < -0.3 is 16.4 Å². The molecule has 0 fully saturated rings.